The molecule has 0 saturated carbocycles. The summed E-state index contributed by atoms with van der Waals surface area (Å²) in [5, 5.41) is 0.399. The van der Waals surface area contributed by atoms with Gasteiger partial charge in [0.15, 0.2) is 0 Å². The van der Waals surface area contributed by atoms with Crippen molar-refractivity contribution in [2.45, 2.75) is 30.4 Å². The lowest BCUT2D eigenvalue weighted by molar-refractivity contribution is -0.147. The third-order valence-corrected chi connectivity index (χ3v) is 5.52. The molecule has 3 rings (SSSR count). The SMILES string of the molecule is C[C@@H]1C[C@H](OC(=O)c2ccccc2NS(=O)(=O)c2ccc(Cl)cc2)C(=O)O1. The number of anilines is 1. The number of rotatable bonds is 5. The first kappa shape index (κ1) is 19.2. The first-order chi connectivity index (χ1) is 12.8. The minimum absolute atomic E-state index is 0.0109. The Bertz CT molecular complexity index is 974. The van der Waals surface area contributed by atoms with Crippen LogP contribution in [0.25, 0.3) is 0 Å². The molecule has 2 aromatic rings. The van der Waals surface area contributed by atoms with E-state index in [9.17, 15) is 18.0 Å². The molecule has 0 unspecified atom stereocenters. The number of hydrogen-bond donors (Lipinski definition) is 1. The van der Waals surface area contributed by atoms with E-state index in [0.717, 1.165) is 0 Å². The van der Waals surface area contributed by atoms with Crippen molar-refractivity contribution >= 4 is 39.3 Å². The standard InChI is InChI=1S/C18H16ClNO6S/c1-11-10-16(18(22)25-11)26-17(21)14-4-2-3-5-15(14)20-27(23,24)13-8-6-12(19)7-9-13/h2-9,11,16,20H,10H2,1H3/t11-,16+/m1/s1. The van der Waals surface area contributed by atoms with E-state index in [-0.39, 0.29) is 28.7 Å². The van der Waals surface area contributed by atoms with Crippen molar-refractivity contribution in [1.29, 1.82) is 0 Å². The molecule has 0 radical (unpaired) electrons. The van der Waals surface area contributed by atoms with Crippen molar-refractivity contribution in [2.24, 2.45) is 0 Å². The van der Waals surface area contributed by atoms with Crippen LogP contribution in [0.5, 0.6) is 0 Å². The van der Waals surface area contributed by atoms with Crippen LogP contribution in [0.15, 0.2) is 53.4 Å². The van der Waals surface area contributed by atoms with Crippen LogP contribution >= 0.6 is 11.6 Å². The van der Waals surface area contributed by atoms with Gasteiger partial charge in [0.25, 0.3) is 10.0 Å². The number of hydrogen-bond acceptors (Lipinski definition) is 6. The van der Waals surface area contributed by atoms with Gasteiger partial charge in [0.05, 0.1) is 16.1 Å². The highest BCUT2D eigenvalue weighted by molar-refractivity contribution is 7.92. The van der Waals surface area contributed by atoms with E-state index in [1.54, 1.807) is 19.1 Å². The third kappa shape index (κ3) is 4.40. The number of esters is 2. The highest BCUT2D eigenvalue weighted by Gasteiger charge is 2.35. The van der Waals surface area contributed by atoms with E-state index in [2.05, 4.69) is 4.72 Å². The van der Waals surface area contributed by atoms with Gasteiger partial charge in [-0.15, -0.1) is 0 Å². The number of para-hydroxylation sites is 1. The molecule has 1 saturated heterocycles. The van der Waals surface area contributed by atoms with Crippen LogP contribution < -0.4 is 4.72 Å². The Morgan fingerprint density at radius 2 is 1.85 bits per heavy atom. The topological polar surface area (TPSA) is 98.8 Å². The molecule has 0 aliphatic carbocycles. The molecule has 9 heteroatoms. The molecule has 2 aromatic carbocycles. The largest absolute Gasteiger partial charge is 0.460 e. The predicted molar refractivity (Wildman–Crippen MR) is 98.1 cm³/mol. The highest BCUT2D eigenvalue weighted by atomic mass is 35.5. The van der Waals surface area contributed by atoms with Gasteiger partial charge in [-0.1, -0.05) is 23.7 Å². The zero-order valence-corrected chi connectivity index (χ0v) is 15.8. The molecule has 0 bridgehead atoms. The van der Waals surface area contributed by atoms with Crippen LogP contribution in [0, 0.1) is 0 Å². The van der Waals surface area contributed by atoms with E-state index < -0.39 is 28.1 Å². The maximum absolute atomic E-state index is 12.5. The molecule has 1 heterocycles. The molecule has 0 spiro atoms. The average Bonchev–Trinajstić information content (AvgIpc) is 2.92. The van der Waals surface area contributed by atoms with Crippen LogP contribution in [0.2, 0.25) is 5.02 Å². The number of nitrogens with one attached hydrogen (secondary N) is 1. The van der Waals surface area contributed by atoms with Crippen molar-refractivity contribution in [2.75, 3.05) is 4.72 Å². The lowest BCUT2D eigenvalue weighted by Crippen LogP contribution is -2.24. The van der Waals surface area contributed by atoms with Gasteiger partial charge in [-0.3, -0.25) is 4.72 Å². The summed E-state index contributed by atoms with van der Waals surface area (Å²) in [6, 6.07) is 11.6. The van der Waals surface area contributed by atoms with Gasteiger partial charge in [0, 0.05) is 11.4 Å². The molecular formula is C18H16ClNO6S. The summed E-state index contributed by atoms with van der Waals surface area (Å²) >= 11 is 5.78. The molecule has 27 heavy (non-hydrogen) atoms. The number of ether oxygens (including phenoxy) is 2. The van der Waals surface area contributed by atoms with Crippen LogP contribution in [0.3, 0.4) is 0 Å². The number of carbonyl (C=O) groups excluding carboxylic acids is 2. The van der Waals surface area contributed by atoms with Gasteiger partial charge in [-0.05, 0) is 43.3 Å². The number of halogens is 1. The van der Waals surface area contributed by atoms with E-state index in [4.69, 9.17) is 21.1 Å². The molecule has 0 aromatic heterocycles. The smallest absolute Gasteiger partial charge is 0.347 e. The van der Waals surface area contributed by atoms with Gasteiger partial charge < -0.3 is 9.47 Å². The summed E-state index contributed by atoms with van der Waals surface area (Å²) in [4.78, 5) is 24.1. The Morgan fingerprint density at radius 1 is 1.19 bits per heavy atom. The minimum atomic E-state index is -3.94. The van der Waals surface area contributed by atoms with E-state index in [1.807, 2.05) is 0 Å². The van der Waals surface area contributed by atoms with Crippen molar-refractivity contribution in [3.05, 3.63) is 59.1 Å². The van der Waals surface area contributed by atoms with Crippen molar-refractivity contribution in [1.82, 2.24) is 0 Å². The summed E-state index contributed by atoms with van der Waals surface area (Å²) in [6.07, 6.45) is -1.09. The summed E-state index contributed by atoms with van der Waals surface area (Å²) < 4.78 is 37.6. The molecule has 7 nitrogen and oxygen atoms in total. The van der Waals surface area contributed by atoms with Crippen LogP contribution in [0.1, 0.15) is 23.7 Å². The Hall–Kier alpha value is -2.58. The van der Waals surface area contributed by atoms with Gasteiger partial charge >= 0.3 is 11.9 Å². The van der Waals surface area contributed by atoms with Crippen LogP contribution in [0.4, 0.5) is 5.69 Å². The molecule has 1 aliphatic heterocycles. The second-order valence-corrected chi connectivity index (χ2v) is 8.10. The van der Waals surface area contributed by atoms with E-state index >= 15 is 0 Å². The predicted octanol–water partition coefficient (Wildman–Crippen LogP) is 3.00. The summed E-state index contributed by atoms with van der Waals surface area (Å²) in [5.74, 6) is -1.43. The molecule has 1 fully saturated rings. The second kappa shape index (κ2) is 7.58. The molecule has 1 aliphatic rings. The van der Waals surface area contributed by atoms with Gasteiger partial charge in [-0.2, -0.15) is 0 Å². The molecule has 2 atom stereocenters. The molecular weight excluding hydrogens is 394 g/mol. The van der Waals surface area contributed by atoms with E-state index in [0.29, 0.717) is 5.02 Å². The fourth-order valence-electron chi connectivity index (χ4n) is 2.58. The quantitative estimate of drug-likeness (QED) is 0.762. The average molecular weight is 410 g/mol. The Labute approximate surface area is 161 Å². The highest BCUT2D eigenvalue weighted by Crippen LogP contribution is 2.24. The van der Waals surface area contributed by atoms with Gasteiger partial charge in [-0.25, -0.2) is 18.0 Å². The van der Waals surface area contributed by atoms with Gasteiger partial charge in [0.2, 0.25) is 6.10 Å². The lowest BCUT2D eigenvalue weighted by atomic mass is 10.2. The Morgan fingerprint density at radius 3 is 2.48 bits per heavy atom. The summed E-state index contributed by atoms with van der Waals surface area (Å²) in [6.45, 7) is 1.69. The maximum atomic E-state index is 12.5. The fourth-order valence-corrected chi connectivity index (χ4v) is 3.78. The third-order valence-electron chi connectivity index (χ3n) is 3.89. The normalized spacial score (nSPS) is 19.4. The lowest BCUT2D eigenvalue weighted by Gasteiger charge is -2.13. The molecule has 1 N–H and O–H groups in total. The van der Waals surface area contributed by atoms with Crippen LogP contribution in [-0.2, 0) is 24.3 Å². The van der Waals surface area contributed by atoms with Crippen molar-refractivity contribution < 1.29 is 27.5 Å². The summed E-state index contributed by atoms with van der Waals surface area (Å²) in [7, 11) is -3.94. The number of cyclic esters (lactones) is 1. The second-order valence-electron chi connectivity index (χ2n) is 5.98. The number of carbonyl (C=O) groups is 2. The number of benzene rings is 2. The minimum Gasteiger partial charge on any atom is -0.460 e. The molecule has 0 amide bonds. The van der Waals surface area contributed by atoms with Crippen LogP contribution in [-0.4, -0.2) is 32.6 Å². The Balaban J connectivity index is 1.82. The van der Waals surface area contributed by atoms with Gasteiger partial charge in [0.1, 0.15) is 6.10 Å². The number of sulfonamides is 1. The summed E-state index contributed by atoms with van der Waals surface area (Å²) in [5.41, 5.74) is 0.0271. The molecule has 142 valence electrons. The Kier molecular flexibility index (Phi) is 5.38. The first-order valence-electron chi connectivity index (χ1n) is 8.05. The van der Waals surface area contributed by atoms with E-state index in [1.165, 1.54) is 36.4 Å². The zero-order chi connectivity index (χ0) is 19.6. The van der Waals surface area contributed by atoms with Crippen molar-refractivity contribution in [3.63, 3.8) is 0 Å². The zero-order valence-electron chi connectivity index (χ0n) is 14.2. The first-order valence-corrected chi connectivity index (χ1v) is 9.91. The van der Waals surface area contributed by atoms with Crippen molar-refractivity contribution in [3.8, 4) is 0 Å². The maximum Gasteiger partial charge on any atom is 0.347 e. The monoisotopic (exact) mass is 409 g/mol. The fraction of sp³-hybridized carbons (Fsp3) is 0.222.